The molecule has 0 bridgehead atoms. The quantitative estimate of drug-likeness (QED) is 0.908. The number of benzene rings is 1. The van der Waals surface area contributed by atoms with Crippen molar-refractivity contribution in [3.05, 3.63) is 56.8 Å². The van der Waals surface area contributed by atoms with E-state index in [9.17, 15) is 5.11 Å². The van der Waals surface area contributed by atoms with Gasteiger partial charge in [-0.3, -0.25) is 0 Å². The number of hydrogen-bond donors (Lipinski definition) is 1. The first-order valence-corrected chi connectivity index (χ1v) is 7.46. The summed E-state index contributed by atoms with van der Waals surface area (Å²) in [6, 6.07) is 11.0. The molecule has 2 nitrogen and oxygen atoms in total. The summed E-state index contributed by atoms with van der Waals surface area (Å²) in [5, 5.41) is 9.34. The van der Waals surface area contributed by atoms with Crippen LogP contribution in [0.25, 0.3) is 0 Å². The van der Waals surface area contributed by atoms with E-state index in [1.807, 2.05) is 0 Å². The summed E-state index contributed by atoms with van der Waals surface area (Å²) in [5.41, 5.74) is 4.09. The Kier molecular flexibility index (Phi) is 3.44. The van der Waals surface area contributed by atoms with Crippen LogP contribution in [0.5, 0.6) is 0 Å². The summed E-state index contributed by atoms with van der Waals surface area (Å²) < 4.78 is 0. The lowest BCUT2D eigenvalue weighted by Gasteiger charge is -2.30. The van der Waals surface area contributed by atoms with E-state index < -0.39 is 0 Å². The minimum absolute atomic E-state index is 0.155. The molecule has 0 aliphatic carbocycles. The van der Waals surface area contributed by atoms with Crippen molar-refractivity contribution in [1.29, 1.82) is 0 Å². The molecular weight excluding hydrogens is 254 g/mol. The van der Waals surface area contributed by atoms with Gasteiger partial charge in [0.1, 0.15) is 0 Å². The third-order valence-corrected chi connectivity index (χ3v) is 4.93. The number of hydrogen-bond acceptors (Lipinski definition) is 3. The summed E-state index contributed by atoms with van der Waals surface area (Å²) in [6.07, 6.45) is 0. The summed E-state index contributed by atoms with van der Waals surface area (Å²) in [7, 11) is 2.17. The Morgan fingerprint density at radius 3 is 2.74 bits per heavy atom. The second kappa shape index (κ2) is 5.08. The summed E-state index contributed by atoms with van der Waals surface area (Å²) in [4.78, 5) is 4.85. The van der Waals surface area contributed by atoms with E-state index in [4.69, 9.17) is 0 Å². The van der Waals surface area contributed by atoms with Crippen LogP contribution in [0.2, 0.25) is 0 Å². The van der Waals surface area contributed by atoms with Gasteiger partial charge in [-0.15, -0.1) is 11.3 Å². The van der Waals surface area contributed by atoms with Crippen molar-refractivity contribution in [1.82, 2.24) is 4.90 Å². The molecule has 3 rings (SSSR count). The van der Waals surface area contributed by atoms with Gasteiger partial charge in [0.15, 0.2) is 0 Å². The standard InChI is InChI=1S/C16H19NOS/c1-11-3-5-12(6-4-11)15-8-17(2)9-16-14(15)7-13(10-18)19-16/h3-7,15,18H,8-10H2,1-2H3. The molecule has 1 aromatic carbocycles. The molecule has 1 aliphatic rings. The number of aryl methyl sites for hydroxylation is 1. The van der Waals surface area contributed by atoms with Crippen molar-refractivity contribution in [2.75, 3.05) is 13.6 Å². The van der Waals surface area contributed by atoms with Crippen LogP contribution in [0.1, 0.15) is 32.4 Å². The average Bonchev–Trinajstić information content (AvgIpc) is 2.81. The number of aliphatic hydroxyl groups excluding tert-OH is 1. The van der Waals surface area contributed by atoms with Gasteiger partial charge >= 0.3 is 0 Å². The molecule has 1 atom stereocenters. The second-order valence-electron chi connectivity index (χ2n) is 5.41. The Labute approximate surface area is 118 Å². The number of fused-ring (bicyclic) bond motifs is 1. The lowest BCUT2D eigenvalue weighted by atomic mass is 9.88. The molecule has 0 amide bonds. The zero-order valence-corrected chi connectivity index (χ0v) is 12.2. The van der Waals surface area contributed by atoms with E-state index in [1.165, 1.54) is 21.6 Å². The fourth-order valence-electron chi connectivity index (χ4n) is 2.80. The predicted molar refractivity (Wildman–Crippen MR) is 79.6 cm³/mol. The first-order chi connectivity index (χ1) is 9.17. The van der Waals surface area contributed by atoms with Gasteiger partial charge in [0.25, 0.3) is 0 Å². The Balaban J connectivity index is 2.02. The van der Waals surface area contributed by atoms with Crippen LogP contribution in [0, 0.1) is 6.92 Å². The zero-order valence-electron chi connectivity index (χ0n) is 11.4. The maximum atomic E-state index is 9.34. The zero-order chi connectivity index (χ0) is 13.4. The van der Waals surface area contributed by atoms with Gasteiger partial charge in [-0.25, -0.2) is 0 Å². The number of thiophene rings is 1. The van der Waals surface area contributed by atoms with E-state index >= 15 is 0 Å². The van der Waals surface area contributed by atoms with Gasteiger partial charge in [-0.2, -0.15) is 0 Å². The van der Waals surface area contributed by atoms with E-state index in [2.05, 4.69) is 49.2 Å². The first-order valence-electron chi connectivity index (χ1n) is 6.65. The normalized spacial score (nSPS) is 19.4. The summed E-state index contributed by atoms with van der Waals surface area (Å²) in [5.74, 6) is 0.436. The molecule has 2 aromatic rings. The highest BCUT2D eigenvalue weighted by molar-refractivity contribution is 7.12. The SMILES string of the molecule is Cc1ccc(C2CN(C)Cc3sc(CO)cc32)cc1. The van der Waals surface area contributed by atoms with Crippen molar-refractivity contribution in [3.8, 4) is 0 Å². The molecule has 1 aromatic heterocycles. The highest BCUT2D eigenvalue weighted by atomic mass is 32.1. The maximum absolute atomic E-state index is 9.34. The lowest BCUT2D eigenvalue weighted by molar-refractivity contribution is 0.285. The van der Waals surface area contributed by atoms with Crippen LogP contribution in [0.15, 0.2) is 30.3 Å². The molecule has 0 radical (unpaired) electrons. The minimum atomic E-state index is 0.155. The molecule has 100 valence electrons. The number of rotatable bonds is 2. The van der Waals surface area contributed by atoms with Crippen LogP contribution in [-0.4, -0.2) is 23.6 Å². The lowest BCUT2D eigenvalue weighted by Crippen LogP contribution is -2.29. The third-order valence-electron chi connectivity index (χ3n) is 3.81. The molecule has 3 heteroatoms. The average molecular weight is 273 g/mol. The van der Waals surface area contributed by atoms with Crippen molar-refractivity contribution < 1.29 is 5.11 Å². The number of aliphatic hydroxyl groups is 1. The third kappa shape index (κ3) is 2.46. The monoisotopic (exact) mass is 273 g/mol. The van der Waals surface area contributed by atoms with Crippen LogP contribution < -0.4 is 0 Å². The van der Waals surface area contributed by atoms with E-state index in [-0.39, 0.29) is 6.61 Å². The Bertz CT molecular complexity index is 573. The van der Waals surface area contributed by atoms with E-state index in [1.54, 1.807) is 11.3 Å². The Morgan fingerprint density at radius 1 is 1.32 bits per heavy atom. The summed E-state index contributed by atoms with van der Waals surface area (Å²) >= 11 is 1.75. The highest BCUT2D eigenvalue weighted by Crippen LogP contribution is 2.37. The molecule has 2 heterocycles. The first kappa shape index (κ1) is 12.9. The molecule has 19 heavy (non-hydrogen) atoms. The van der Waals surface area contributed by atoms with Gasteiger partial charge in [-0.1, -0.05) is 29.8 Å². The molecule has 0 saturated carbocycles. The van der Waals surface area contributed by atoms with Gasteiger partial charge in [0.05, 0.1) is 6.61 Å². The molecule has 1 unspecified atom stereocenters. The van der Waals surface area contributed by atoms with Crippen molar-refractivity contribution in [3.63, 3.8) is 0 Å². The number of nitrogens with zero attached hydrogens (tertiary/aromatic N) is 1. The topological polar surface area (TPSA) is 23.5 Å². The Morgan fingerprint density at radius 2 is 2.05 bits per heavy atom. The smallest absolute Gasteiger partial charge is 0.0774 e. The fraction of sp³-hybridized carbons (Fsp3) is 0.375. The van der Waals surface area contributed by atoms with Crippen LogP contribution in [0.4, 0.5) is 0 Å². The fourth-order valence-corrected chi connectivity index (χ4v) is 3.97. The second-order valence-corrected chi connectivity index (χ2v) is 6.63. The number of likely N-dealkylation sites (N-methyl/N-ethyl adjacent to an activating group) is 1. The maximum Gasteiger partial charge on any atom is 0.0774 e. The molecule has 1 aliphatic heterocycles. The van der Waals surface area contributed by atoms with E-state index in [0.29, 0.717) is 5.92 Å². The molecule has 0 saturated heterocycles. The van der Waals surface area contributed by atoms with Crippen LogP contribution >= 0.6 is 11.3 Å². The minimum Gasteiger partial charge on any atom is -0.391 e. The van der Waals surface area contributed by atoms with Crippen LogP contribution in [0.3, 0.4) is 0 Å². The molecule has 1 N–H and O–H groups in total. The van der Waals surface area contributed by atoms with Crippen LogP contribution in [-0.2, 0) is 13.2 Å². The summed E-state index contributed by atoms with van der Waals surface area (Å²) in [6.45, 7) is 4.33. The van der Waals surface area contributed by atoms with Gasteiger partial charge in [0, 0.05) is 28.8 Å². The largest absolute Gasteiger partial charge is 0.391 e. The van der Waals surface area contributed by atoms with Gasteiger partial charge < -0.3 is 10.0 Å². The van der Waals surface area contributed by atoms with Crippen molar-refractivity contribution >= 4 is 11.3 Å². The molecule has 0 spiro atoms. The molecule has 0 fully saturated rings. The predicted octanol–water partition coefficient (Wildman–Crippen LogP) is 3.13. The molecular formula is C16H19NOS. The van der Waals surface area contributed by atoms with Crippen molar-refractivity contribution in [2.45, 2.75) is 26.0 Å². The van der Waals surface area contributed by atoms with Gasteiger partial charge in [0.2, 0.25) is 0 Å². The van der Waals surface area contributed by atoms with Crippen molar-refractivity contribution in [2.24, 2.45) is 0 Å². The van der Waals surface area contributed by atoms with E-state index in [0.717, 1.165) is 18.0 Å². The van der Waals surface area contributed by atoms with Gasteiger partial charge in [-0.05, 0) is 31.2 Å². The highest BCUT2D eigenvalue weighted by Gasteiger charge is 2.26. The Hall–Kier alpha value is -1.16.